The van der Waals surface area contributed by atoms with Crippen molar-refractivity contribution in [2.45, 2.75) is 64.2 Å². The third-order valence-corrected chi connectivity index (χ3v) is 5.53. The van der Waals surface area contributed by atoms with E-state index < -0.39 is 0 Å². The van der Waals surface area contributed by atoms with E-state index in [1.165, 1.54) is 24.6 Å². The Morgan fingerprint density at radius 1 is 1.45 bits per heavy atom. The Morgan fingerprint density at radius 2 is 2.23 bits per heavy atom. The average molecular weight is 326 g/mol. The van der Waals surface area contributed by atoms with Crippen LogP contribution in [-0.4, -0.2) is 32.5 Å². The van der Waals surface area contributed by atoms with Crippen LogP contribution in [-0.2, 0) is 11.3 Å². The number of hydrogen-bond donors (Lipinski definition) is 2. The molecule has 2 N–H and O–H groups in total. The maximum Gasteiger partial charge on any atom is 0.343 e. The normalized spacial score (nSPS) is 25.1. The molecule has 0 aromatic carbocycles. The molecule has 0 aliphatic heterocycles. The number of hydrogen-bond acceptors (Lipinski definition) is 4. The van der Waals surface area contributed by atoms with Gasteiger partial charge in [0.25, 0.3) is 0 Å². The first kappa shape index (κ1) is 17.1. The van der Waals surface area contributed by atoms with E-state index in [9.17, 15) is 9.59 Å². The predicted molar refractivity (Wildman–Crippen MR) is 88.0 cm³/mol. The summed E-state index contributed by atoms with van der Waals surface area (Å²) < 4.78 is 1.59. The van der Waals surface area contributed by atoms with Crippen molar-refractivity contribution < 1.29 is 4.79 Å². The van der Waals surface area contributed by atoms with E-state index in [4.69, 9.17) is 0 Å². The highest BCUT2D eigenvalue weighted by atomic mass is 32.2. The summed E-state index contributed by atoms with van der Waals surface area (Å²) in [4.78, 5) is 23.8. The van der Waals surface area contributed by atoms with Crippen molar-refractivity contribution in [1.82, 2.24) is 20.1 Å². The molecule has 22 heavy (non-hydrogen) atoms. The van der Waals surface area contributed by atoms with Gasteiger partial charge in [0.05, 0.1) is 5.75 Å². The zero-order valence-electron chi connectivity index (χ0n) is 13.6. The molecule has 1 aromatic heterocycles. The number of carbonyl (C=O) groups is 1. The van der Waals surface area contributed by atoms with Crippen LogP contribution in [0.1, 0.15) is 46.5 Å². The number of H-pyrrole nitrogens is 1. The number of amides is 1. The van der Waals surface area contributed by atoms with Crippen LogP contribution < -0.4 is 11.0 Å². The van der Waals surface area contributed by atoms with Gasteiger partial charge >= 0.3 is 5.69 Å². The summed E-state index contributed by atoms with van der Waals surface area (Å²) in [5, 5.41) is 10.2. The van der Waals surface area contributed by atoms with Crippen LogP contribution in [0.15, 0.2) is 9.95 Å². The van der Waals surface area contributed by atoms with Crippen LogP contribution in [0.25, 0.3) is 0 Å². The second kappa shape index (κ2) is 7.85. The molecule has 1 aliphatic carbocycles. The molecule has 7 heteroatoms. The number of rotatable bonds is 6. The Hall–Kier alpha value is -1.24. The molecule has 1 amide bonds. The highest BCUT2D eigenvalue weighted by Gasteiger charge is 2.28. The van der Waals surface area contributed by atoms with Crippen molar-refractivity contribution >= 4 is 17.7 Å². The van der Waals surface area contributed by atoms with E-state index in [-0.39, 0.29) is 17.6 Å². The minimum atomic E-state index is -0.209. The number of thioether (sulfide) groups is 1. The first-order valence-corrected chi connectivity index (χ1v) is 9.08. The van der Waals surface area contributed by atoms with Gasteiger partial charge < -0.3 is 5.32 Å². The molecule has 1 fully saturated rings. The van der Waals surface area contributed by atoms with Crippen LogP contribution in [0.2, 0.25) is 0 Å². The molecule has 0 saturated heterocycles. The number of nitrogens with zero attached hydrogens (tertiary/aromatic N) is 2. The molecule has 1 aliphatic rings. The van der Waals surface area contributed by atoms with Crippen molar-refractivity contribution in [2.24, 2.45) is 11.8 Å². The third kappa shape index (κ3) is 4.15. The van der Waals surface area contributed by atoms with Crippen molar-refractivity contribution in [2.75, 3.05) is 5.75 Å². The van der Waals surface area contributed by atoms with E-state index >= 15 is 0 Å². The number of nitrogens with one attached hydrogen (secondary N) is 2. The van der Waals surface area contributed by atoms with Gasteiger partial charge in [-0.05, 0) is 24.7 Å². The van der Waals surface area contributed by atoms with Crippen molar-refractivity contribution in [3.63, 3.8) is 0 Å². The zero-order chi connectivity index (χ0) is 16.1. The van der Waals surface area contributed by atoms with Gasteiger partial charge in [0, 0.05) is 12.6 Å². The highest BCUT2D eigenvalue weighted by molar-refractivity contribution is 7.99. The van der Waals surface area contributed by atoms with Gasteiger partial charge in [0.2, 0.25) is 5.91 Å². The van der Waals surface area contributed by atoms with Crippen molar-refractivity contribution in [3.05, 3.63) is 10.5 Å². The number of aromatic nitrogens is 3. The van der Waals surface area contributed by atoms with Gasteiger partial charge in [0.1, 0.15) is 0 Å². The van der Waals surface area contributed by atoms with Gasteiger partial charge in [-0.2, -0.15) is 0 Å². The maximum atomic E-state index is 12.2. The minimum Gasteiger partial charge on any atom is -0.352 e. The molecule has 0 spiro atoms. The molecule has 0 radical (unpaired) electrons. The molecule has 1 saturated carbocycles. The van der Waals surface area contributed by atoms with Crippen LogP contribution in [0, 0.1) is 11.8 Å². The van der Waals surface area contributed by atoms with Crippen LogP contribution in [0.5, 0.6) is 0 Å². The summed E-state index contributed by atoms with van der Waals surface area (Å²) in [6, 6.07) is 0.272. The van der Waals surface area contributed by atoms with Crippen LogP contribution in [0.3, 0.4) is 0 Å². The van der Waals surface area contributed by atoms with Gasteiger partial charge in [-0.3, -0.25) is 9.36 Å². The van der Waals surface area contributed by atoms with E-state index in [1.54, 1.807) is 4.57 Å². The highest BCUT2D eigenvalue weighted by Crippen LogP contribution is 2.29. The summed E-state index contributed by atoms with van der Waals surface area (Å²) in [6.07, 6.45) is 4.35. The van der Waals surface area contributed by atoms with E-state index in [1.807, 2.05) is 6.92 Å². The lowest BCUT2D eigenvalue weighted by molar-refractivity contribution is -0.120. The van der Waals surface area contributed by atoms with Crippen LogP contribution >= 0.6 is 11.8 Å². The largest absolute Gasteiger partial charge is 0.352 e. The molecule has 1 heterocycles. The summed E-state index contributed by atoms with van der Waals surface area (Å²) in [6.45, 7) is 7.10. The van der Waals surface area contributed by atoms with E-state index in [0.29, 0.717) is 29.3 Å². The lowest BCUT2D eigenvalue weighted by Gasteiger charge is -2.34. The quantitative estimate of drug-likeness (QED) is 0.784. The monoisotopic (exact) mass is 326 g/mol. The van der Waals surface area contributed by atoms with E-state index in [0.717, 1.165) is 12.8 Å². The molecule has 6 nitrogen and oxygen atoms in total. The fraction of sp³-hybridized carbons (Fsp3) is 0.800. The van der Waals surface area contributed by atoms with Crippen molar-refractivity contribution in [3.8, 4) is 0 Å². The Kier molecular flexibility index (Phi) is 6.11. The molecular formula is C15H26N4O2S. The summed E-state index contributed by atoms with van der Waals surface area (Å²) in [5.74, 6) is 1.50. The molecule has 1 aromatic rings. The number of carbonyl (C=O) groups excluding carboxylic acids is 1. The summed E-state index contributed by atoms with van der Waals surface area (Å²) >= 11 is 1.32. The molecular weight excluding hydrogens is 300 g/mol. The molecule has 0 unspecified atom stereocenters. The number of aromatic amines is 1. The second-order valence-electron chi connectivity index (χ2n) is 6.19. The van der Waals surface area contributed by atoms with Gasteiger partial charge in [-0.1, -0.05) is 45.4 Å². The maximum absolute atomic E-state index is 12.2. The summed E-state index contributed by atoms with van der Waals surface area (Å²) in [5.41, 5.74) is -0.209. The average Bonchev–Trinajstić information content (AvgIpc) is 2.83. The zero-order valence-corrected chi connectivity index (χ0v) is 14.4. The second-order valence-corrected chi connectivity index (χ2v) is 7.14. The van der Waals surface area contributed by atoms with Crippen molar-refractivity contribution in [1.29, 1.82) is 0 Å². The minimum absolute atomic E-state index is 0.0226. The Labute approximate surface area is 135 Å². The molecule has 0 bridgehead atoms. The fourth-order valence-electron chi connectivity index (χ4n) is 3.00. The van der Waals surface area contributed by atoms with Gasteiger partial charge in [0.15, 0.2) is 5.16 Å². The topological polar surface area (TPSA) is 79.8 Å². The lowest BCUT2D eigenvalue weighted by atomic mass is 9.78. The Balaban J connectivity index is 1.86. The SMILES string of the molecule is CCCn1c(SCC(=O)N[C@@H]2CCC[C@@H](C)[C@@H]2C)n[nH]c1=O. The first-order valence-electron chi connectivity index (χ1n) is 8.10. The summed E-state index contributed by atoms with van der Waals surface area (Å²) in [7, 11) is 0. The Morgan fingerprint density at radius 3 is 2.95 bits per heavy atom. The molecule has 124 valence electrons. The molecule has 3 atom stereocenters. The van der Waals surface area contributed by atoms with Crippen LogP contribution in [0.4, 0.5) is 0 Å². The smallest absolute Gasteiger partial charge is 0.343 e. The third-order valence-electron chi connectivity index (χ3n) is 4.56. The Bertz CT molecular complexity index is 554. The first-order chi connectivity index (χ1) is 10.5. The van der Waals surface area contributed by atoms with Gasteiger partial charge in [-0.15, -0.1) is 5.10 Å². The fourth-order valence-corrected chi connectivity index (χ4v) is 3.78. The predicted octanol–water partition coefficient (Wildman–Crippen LogP) is 2.01. The molecule has 2 rings (SSSR count). The van der Waals surface area contributed by atoms with Gasteiger partial charge in [-0.25, -0.2) is 9.89 Å². The lowest BCUT2D eigenvalue weighted by Crippen LogP contribution is -2.44. The van der Waals surface area contributed by atoms with E-state index in [2.05, 4.69) is 29.4 Å². The standard InChI is InChI=1S/C15H26N4O2S/c1-4-8-19-14(21)17-18-15(19)22-9-13(20)16-12-7-5-6-10(2)11(12)3/h10-12H,4-9H2,1-3H3,(H,16,20)(H,17,21)/t10-,11+,12-/m1/s1.